The molecule has 3 nitrogen and oxygen atoms in total. The van der Waals surface area contributed by atoms with Crippen LogP contribution in [-0.2, 0) is 11.2 Å². The molecule has 1 aromatic carbocycles. The van der Waals surface area contributed by atoms with Crippen LogP contribution in [0, 0.1) is 23.1 Å². The van der Waals surface area contributed by atoms with Gasteiger partial charge in [0.05, 0.1) is 12.2 Å². The highest BCUT2D eigenvalue weighted by molar-refractivity contribution is 9.09. The van der Waals surface area contributed by atoms with Gasteiger partial charge >= 0.3 is 0 Å². The molecular weight excluding hydrogens is 375 g/mol. The van der Waals surface area contributed by atoms with Crippen LogP contribution in [0.1, 0.15) is 43.2 Å². The molecule has 2 saturated carbocycles. The van der Waals surface area contributed by atoms with Crippen molar-refractivity contribution in [3.63, 3.8) is 0 Å². The van der Waals surface area contributed by atoms with Gasteiger partial charge in [-0.25, -0.2) is 4.39 Å². The van der Waals surface area contributed by atoms with E-state index in [1.54, 1.807) is 7.11 Å². The highest BCUT2D eigenvalue weighted by Gasteiger charge is 2.60. The van der Waals surface area contributed by atoms with E-state index in [2.05, 4.69) is 22.9 Å². The number of fused-ring (bicyclic) bond motifs is 5. The van der Waals surface area contributed by atoms with Crippen molar-refractivity contribution in [1.82, 2.24) is 0 Å². The van der Waals surface area contributed by atoms with Gasteiger partial charge in [-0.1, -0.05) is 28.9 Å². The number of alkyl halides is 1. The summed E-state index contributed by atoms with van der Waals surface area (Å²) in [5.41, 5.74) is 1.47. The van der Waals surface area contributed by atoms with E-state index in [-0.39, 0.29) is 34.1 Å². The smallest absolute Gasteiger partial charge is 0.168 e. The van der Waals surface area contributed by atoms with E-state index in [1.165, 1.54) is 6.07 Å². The van der Waals surface area contributed by atoms with Gasteiger partial charge in [0.25, 0.3) is 0 Å². The standard InChI is InChI=1S/C19H24BrFO3/c1-19-8-15(24-2)16-9-5-6-14(22)17(21)10(9)3-4-11(16)12(19)7-13(20)18(19)23/h5-6,11-13,15-16,18,22-23H,3-4,7-8H2,1-2H3/t11-,12-,13+,15-,16+,18+,19-/m0/s1. The number of aliphatic hydroxyl groups excluding tert-OH is 1. The number of rotatable bonds is 1. The molecule has 1 aromatic rings. The monoisotopic (exact) mass is 398 g/mol. The Morgan fingerprint density at radius 2 is 2.12 bits per heavy atom. The molecule has 2 N–H and O–H groups in total. The molecule has 2 fully saturated rings. The lowest BCUT2D eigenvalue weighted by Gasteiger charge is -2.53. The fourth-order valence-corrected chi connectivity index (χ4v) is 6.84. The van der Waals surface area contributed by atoms with Crippen LogP contribution < -0.4 is 0 Å². The average molecular weight is 399 g/mol. The molecule has 5 heteroatoms. The minimum Gasteiger partial charge on any atom is -0.505 e. The van der Waals surface area contributed by atoms with Crippen molar-refractivity contribution in [3.8, 4) is 5.75 Å². The Morgan fingerprint density at radius 1 is 1.38 bits per heavy atom. The molecule has 0 aliphatic heterocycles. The molecule has 4 rings (SSSR count). The molecule has 0 amide bonds. The van der Waals surface area contributed by atoms with E-state index >= 15 is 0 Å². The molecule has 3 aliphatic carbocycles. The molecule has 0 radical (unpaired) electrons. The first kappa shape index (κ1) is 16.8. The van der Waals surface area contributed by atoms with Crippen molar-refractivity contribution in [2.75, 3.05) is 7.11 Å². The SMILES string of the molecule is CO[C@H]1C[C@]2(C)[C@H](O)[C@H](Br)C[C@H]2[C@@H]2CCc3c(ccc(O)c3F)[C@H]21. The van der Waals surface area contributed by atoms with Gasteiger partial charge < -0.3 is 14.9 Å². The molecule has 0 heterocycles. The minimum absolute atomic E-state index is 0.0355. The first-order chi connectivity index (χ1) is 11.4. The third kappa shape index (κ3) is 2.14. The van der Waals surface area contributed by atoms with Crippen molar-refractivity contribution >= 4 is 15.9 Å². The van der Waals surface area contributed by atoms with E-state index in [9.17, 15) is 14.6 Å². The second kappa shape index (κ2) is 5.68. The van der Waals surface area contributed by atoms with Gasteiger partial charge in [-0.2, -0.15) is 0 Å². The van der Waals surface area contributed by atoms with Gasteiger partial charge in [-0.05, 0) is 54.7 Å². The van der Waals surface area contributed by atoms with Crippen molar-refractivity contribution < 1.29 is 19.3 Å². The number of aromatic hydroxyl groups is 1. The zero-order valence-corrected chi connectivity index (χ0v) is 15.6. The Balaban J connectivity index is 1.80. The predicted molar refractivity (Wildman–Crippen MR) is 93.0 cm³/mol. The zero-order valence-electron chi connectivity index (χ0n) is 14.0. The first-order valence-corrected chi connectivity index (χ1v) is 9.65. The Hall–Kier alpha value is -0.650. The number of halogens is 2. The Bertz CT molecular complexity index is 666. The Morgan fingerprint density at radius 3 is 2.83 bits per heavy atom. The summed E-state index contributed by atoms with van der Waals surface area (Å²) in [4.78, 5) is 0.113. The van der Waals surface area contributed by atoms with Crippen molar-refractivity contribution in [2.24, 2.45) is 17.3 Å². The van der Waals surface area contributed by atoms with Gasteiger partial charge in [0.15, 0.2) is 11.6 Å². The summed E-state index contributed by atoms with van der Waals surface area (Å²) in [5, 5.41) is 20.4. The number of ether oxygens (including phenoxy) is 1. The molecule has 7 atom stereocenters. The molecule has 0 saturated heterocycles. The van der Waals surface area contributed by atoms with Gasteiger partial charge in [-0.15, -0.1) is 0 Å². The quantitative estimate of drug-likeness (QED) is 0.708. The van der Waals surface area contributed by atoms with Gasteiger partial charge in [0, 0.05) is 23.3 Å². The van der Waals surface area contributed by atoms with Crippen LogP contribution in [0.4, 0.5) is 4.39 Å². The number of phenols is 1. The lowest BCUT2D eigenvalue weighted by molar-refractivity contribution is -0.0925. The number of phenolic OH excluding ortho intramolecular Hbond substituents is 1. The largest absolute Gasteiger partial charge is 0.505 e. The maximum atomic E-state index is 14.4. The summed E-state index contributed by atoms with van der Waals surface area (Å²) >= 11 is 3.66. The van der Waals surface area contributed by atoms with Crippen molar-refractivity contribution in [1.29, 1.82) is 0 Å². The van der Waals surface area contributed by atoms with E-state index < -0.39 is 5.82 Å². The fourth-order valence-electron chi connectivity index (χ4n) is 5.84. The van der Waals surface area contributed by atoms with E-state index in [0.717, 1.165) is 24.8 Å². The summed E-state index contributed by atoms with van der Waals surface area (Å²) in [6, 6.07) is 3.34. The summed E-state index contributed by atoms with van der Waals surface area (Å²) < 4.78 is 20.2. The second-order valence-corrected chi connectivity index (χ2v) is 9.16. The normalized spacial score (nSPS) is 43.9. The lowest BCUT2D eigenvalue weighted by Crippen LogP contribution is -2.51. The molecule has 0 spiro atoms. The summed E-state index contributed by atoms with van der Waals surface area (Å²) in [6.45, 7) is 2.18. The number of methoxy groups -OCH3 is 1. The zero-order chi connectivity index (χ0) is 17.2. The van der Waals surface area contributed by atoms with Crippen molar-refractivity contribution in [2.45, 2.75) is 55.6 Å². The van der Waals surface area contributed by atoms with E-state index in [1.807, 2.05) is 6.07 Å². The van der Waals surface area contributed by atoms with Crippen LogP contribution in [0.2, 0.25) is 0 Å². The van der Waals surface area contributed by atoms with Crippen molar-refractivity contribution in [3.05, 3.63) is 29.1 Å². The molecule has 24 heavy (non-hydrogen) atoms. The summed E-state index contributed by atoms with van der Waals surface area (Å²) in [7, 11) is 1.71. The maximum Gasteiger partial charge on any atom is 0.168 e. The Labute approximate surface area is 150 Å². The first-order valence-electron chi connectivity index (χ1n) is 8.73. The van der Waals surface area contributed by atoms with E-state index in [4.69, 9.17) is 4.74 Å². The average Bonchev–Trinajstić information content (AvgIpc) is 2.80. The fraction of sp³-hybridized carbons (Fsp3) is 0.684. The summed E-state index contributed by atoms with van der Waals surface area (Å²) in [6.07, 6.45) is 2.84. The topological polar surface area (TPSA) is 49.7 Å². The van der Waals surface area contributed by atoms with Crippen LogP contribution in [0.5, 0.6) is 5.75 Å². The maximum absolute atomic E-state index is 14.4. The third-order valence-electron chi connectivity index (χ3n) is 7.01. The highest BCUT2D eigenvalue weighted by atomic mass is 79.9. The Kier molecular flexibility index (Phi) is 3.98. The molecule has 132 valence electrons. The van der Waals surface area contributed by atoms with Crippen LogP contribution in [0.15, 0.2) is 12.1 Å². The number of aliphatic hydroxyl groups is 1. The molecule has 0 bridgehead atoms. The number of hydrogen-bond acceptors (Lipinski definition) is 3. The molecule has 0 unspecified atom stereocenters. The van der Waals surface area contributed by atoms with Crippen LogP contribution in [0.3, 0.4) is 0 Å². The van der Waals surface area contributed by atoms with Gasteiger partial charge in [0.2, 0.25) is 0 Å². The second-order valence-electron chi connectivity index (χ2n) is 7.98. The molecule has 3 aliphatic rings. The number of hydrogen-bond donors (Lipinski definition) is 2. The number of benzene rings is 1. The minimum atomic E-state index is -0.473. The van der Waals surface area contributed by atoms with Crippen LogP contribution >= 0.6 is 15.9 Å². The van der Waals surface area contributed by atoms with Gasteiger partial charge in [0.1, 0.15) is 0 Å². The van der Waals surface area contributed by atoms with Gasteiger partial charge in [-0.3, -0.25) is 0 Å². The predicted octanol–water partition coefficient (Wildman–Crippen LogP) is 3.75. The molecular formula is C19H24BrFO3. The summed E-state index contributed by atoms with van der Waals surface area (Å²) in [5.74, 6) is 0.176. The highest BCUT2D eigenvalue weighted by Crippen LogP contribution is 2.62. The van der Waals surface area contributed by atoms with Crippen LogP contribution in [0.25, 0.3) is 0 Å². The van der Waals surface area contributed by atoms with Crippen LogP contribution in [-0.4, -0.2) is 34.4 Å². The molecule has 0 aromatic heterocycles. The van der Waals surface area contributed by atoms with E-state index in [0.29, 0.717) is 23.8 Å². The third-order valence-corrected chi connectivity index (χ3v) is 7.89. The lowest BCUT2D eigenvalue weighted by atomic mass is 9.54.